The second-order valence-electron chi connectivity index (χ2n) is 4.52. The minimum absolute atomic E-state index is 0.892. The van der Waals surface area contributed by atoms with Gasteiger partial charge in [0.05, 0.1) is 16.1 Å². The quantitative estimate of drug-likeness (QED) is 0.816. The van der Waals surface area contributed by atoms with Crippen LogP contribution in [-0.2, 0) is 13.5 Å². The van der Waals surface area contributed by atoms with Crippen LogP contribution in [0.15, 0.2) is 12.4 Å². The number of hydrogen-bond acceptors (Lipinski definition) is 3. The summed E-state index contributed by atoms with van der Waals surface area (Å²) in [6.07, 6.45) is 7.87. The smallest absolute Gasteiger partial charge is 0.0900 e. The van der Waals surface area contributed by atoms with Gasteiger partial charge in [0.2, 0.25) is 0 Å². The Balaban J connectivity index is 1.99. The van der Waals surface area contributed by atoms with Crippen molar-refractivity contribution >= 4 is 11.3 Å². The summed E-state index contributed by atoms with van der Waals surface area (Å²) in [6.45, 7) is 2.05. The van der Waals surface area contributed by atoms with Crippen molar-refractivity contribution in [3.8, 4) is 10.4 Å². The molecule has 3 rings (SSSR count). The Morgan fingerprint density at radius 2 is 2.25 bits per heavy atom. The zero-order valence-electron chi connectivity index (χ0n) is 9.60. The van der Waals surface area contributed by atoms with Crippen LogP contribution in [0.25, 0.3) is 10.4 Å². The van der Waals surface area contributed by atoms with Crippen molar-refractivity contribution in [1.29, 1.82) is 0 Å². The number of aryl methyl sites for hydroxylation is 2. The Labute approximate surface area is 99.1 Å². The molecule has 0 atom stereocenters. The van der Waals surface area contributed by atoms with Crippen LogP contribution >= 0.6 is 11.3 Å². The molecule has 2 aromatic rings. The third-order valence-electron chi connectivity index (χ3n) is 3.13. The third kappa shape index (κ3) is 1.78. The molecule has 0 aliphatic heterocycles. The summed E-state index contributed by atoms with van der Waals surface area (Å²) in [5, 5.41) is 5.50. The minimum atomic E-state index is 0.892. The van der Waals surface area contributed by atoms with Gasteiger partial charge < -0.3 is 0 Å². The number of thiazole rings is 1. The van der Waals surface area contributed by atoms with Gasteiger partial charge in [0.25, 0.3) is 0 Å². The summed E-state index contributed by atoms with van der Waals surface area (Å²) in [7, 11) is 2.04. The number of rotatable bonds is 3. The maximum atomic E-state index is 4.38. The van der Waals surface area contributed by atoms with E-state index in [0.29, 0.717) is 0 Å². The molecule has 0 N–H and O–H groups in total. The van der Waals surface area contributed by atoms with Crippen LogP contribution in [0.4, 0.5) is 0 Å². The van der Waals surface area contributed by atoms with Gasteiger partial charge in [-0.15, -0.1) is 11.3 Å². The van der Waals surface area contributed by atoms with Gasteiger partial charge in [0.15, 0.2) is 0 Å². The van der Waals surface area contributed by atoms with Crippen molar-refractivity contribution in [1.82, 2.24) is 14.8 Å². The Morgan fingerprint density at radius 1 is 1.44 bits per heavy atom. The van der Waals surface area contributed by atoms with Crippen molar-refractivity contribution in [3.05, 3.63) is 23.1 Å². The molecule has 0 radical (unpaired) electrons. The van der Waals surface area contributed by atoms with Gasteiger partial charge in [-0.2, -0.15) is 5.10 Å². The molecule has 2 heterocycles. The van der Waals surface area contributed by atoms with Crippen LogP contribution in [0.3, 0.4) is 0 Å². The van der Waals surface area contributed by atoms with E-state index in [-0.39, 0.29) is 0 Å². The lowest BCUT2D eigenvalue weighted by Crippen LogP contribution is -2.00. The summed E-state index contributed by atoms with van der Waals surface area (Å²) in [4.78, 5) is 5.57. The minimum Gasteiger partial charge on any atom is -0.272 e. The second-order valence-corrected chi connectivity index (χ2v) is 5.75. The lowest BCUT2D eigenvalue weighted by Gasteiger charge is -2.03. The predicted octanol–water partition coefficient (Wildman–Crippen LogP) is 2.80. The zero-order valence-corrected chi connectivity index (χ0v) is 10.4. The van der Waals surface area contributed by atoms with E-state index in [1.165, 1.54) is 35.4 Å². The zero-order chi connectivity index (χ0) is 11.1. The molecule has 0 spiro atoms. The van der Waals surface area contributed by atoms with E-state index in [4.69, 9.17) is 0 Å². The fourth-order valence-electron chi connectivity index (χ4n) is 1.99. The predicted molar refractivity (Wildman–Crippen MR) is 65.5 cm³/mol. The molecule has 0 bridgehead atoms. The molecule has 3 nitrogen and oxygen atoms in total. The van der Waals surface area contributed by atoms with Crippen molar-refractivity contribution in [2.75, 3.05) is 0 Å². The number of aromatic nitrogens is 3. The van der Waals surface area contributed by atoms with Crippen LogP contribution < -0.4 is 0 Å². The van der Waals surface area contributed by atoms with Crippen molar-refractivity contribution in [2.45, 2.75) is 26.2 Å². The van der Waals surface area contributed by atoms with Crippen LogP contribution in [0.1, 0.15) is 23.5 Å². The van der Waals surface area contributed by atoms with Crippen LogP contribution in [0.5, 0.6) is 0 Å². The van der Waals surface area contributed by atoms with E-state index in [9.17, 15) is 0 Å². The Morgan fingerprint density at radius 3 is 2.88 bits per heavy atom. The highest BCUT2D eigenvalue weighted by molar-refractivity contribution is 7.15. The van der Waals surface area contributed by atoms with Gasteiger partial charge in [0.1, 0.15) is 0 Å². The van der Waals surface area contributed by atoms with Crippen LogP contribution in [0, 0.1) is 12.8 Å². The summed E-state index contributed by atoms with van der Waals surface area (Å²) in [5.41, 5.74) is 2.64. The standard InChI is InChI=1S/C12H15N3S/c1-8-13-7-12(16-8)10-6-14-15(2)11(10)5-9-3-4-9/h6-7,9H,3-5H2,1-2H3. The normalized spacial score (nSPS) is 15.6. The third-order valence-corrected chi connectivity index (χ3v) is 4.07. The van der Waals surface area contributed by atoms with Gasteiger partial charge in [0, 0.05) is 24.5 Å². The lowest BCUT2D eigenvalue weighted by atomic mass is 10.1. The van der Waals surface area contributed by atoms with E-state index < -0.39 is 0 Å². The van der Waals surface area contributed by atoms with Gasteiger partial charge in [-0.05, 0) is 32.1 Å². The highest BCUT2D eigenvalue weighted by atomic mass is 32.1. The molecule has 84 valence electrons. The average Bonchev–Trinajstić information content (AvgIpc) is 2.87. The Kier molecular flexibility index (Phi) is 2.32. The van der Waals surface area contributed by atoms with E-state index in [0.717, 1.165) is 10.9 Å². The molecule has 0 saturated heterocycles. The van der Waals surface area contributed by atoms with Gasteiger partial charge in [-0.25, -0.2) is 4.98 Å². The number of nitrogens with zero attached hydrogens (tertiary/aromatic N) is 3. The van der Waals surface area contributed by atoms with E-state index in [1.54, 1.807) is 11.3 Å². The summed E-state index contributed by atoms with van der Waals surface area (Å²) in [6, 6.07) is 0. The molecule has 1 aliphatic carbocycles. The molecule has 0 amide bonds. The van der Waals surface area contributed by atoms with Crippen molar-refractivity contribution in [3.63, 3.8) is 0 Å². The lowest BCUT2D eigenvalue weighted by molar-refractivity contribution is 0.678. The first-order valence-corrected chi connectivity index (χ1v) is 6.49. The van der Waals surface area contributed by atoms with Crippen LogP contribution in [-0.4, -0.2) is 14.8 Å². The number of hydrogen-bond donors (Lipinski definition) is 0. The molecule has 1 saturated carbocycles. The van der Waals surface area contributed by atoms with Crippen molar-refractivity contribution in [2.24, 2.45) is 13.0 Å². The molecule has 1 aliphatic rings. The van der Waals surface area contributed by atoms with E-state index in [1.807, 2.05) is 31.0 Å². The average molecular weight is 233 g/mol. The topological polar surface area (TPSA) is 30.7 Å². The summed E-state index contributed by atoms with van der Waals surface area (Å²) in [5.74, 6) is 0.892. The first-order chi connectivity index (χ1) is 7.74. The molecular weight excluding hydrogens is 218 g/mol. The van der Waals surface area contributed by atoms with Crippen molar-refractivity contribution < 1.29 is 0 Å². The Bertz CT molecular complexity index is 508. The molecule has 16 heavy (non-hydrogen) atoms. The first-order valence-electron chi connectivity index (χ1n) is 5.67. The maximum absolute atomic E-state index is 4.38. The van der Waals surface area contributed by atoms with Gasteiger partial charge in [-0.1, -0.05) is 0 Å². The Hall–Kier alpha value is -1.16. The molecule has 2 aromatic heterocycles. The largest absolute Gasteiger partial charge is 0.272 e. The SMILES string of the molecule is Cc1ncc(-c2cnn(C)c2CC2CC2)s1. The summed E-state index contributed by atoms with van der Waals surface area (Å²) < 4.78 is 2.02. The fraction of sp³-hybridized carbons (Fsp3) is 0.500. The first kappa shape index (κ1) is 10.0. The molecule has 0 unspecified atom stereocenters. The maximum Gasteiger partial charge on any atom is 0.0900 e. The van der Waals surface area contributed by atoms with Crippen LogP contribution in [0.2, 0.25) is 0 Å². The highest BCUT2D eigenvalue weighted by Crippen LogP contribution is 2.36. The van der Waals surface area contributed by atoms with E-state index >= 15 is 0 Å². The molecule has 1 fully saturated rings. The highest BCUT2D eigenvalue weighted by Gasteiger charge is 2.25. The molecular formula is C12H15N3S. The van der Waals surface area contributed by atoms with Gasteiger partial charge >= 0.3 is 0 Å². The molecule has 4 heteroatoms. The fourth-order valence-corrected chi connectivity index (χ4v) is 2.80. The van der Waals surface area contributed by atoms with Gasteiger partial charge in [-0.3, -0.25) is 4.68 Å². The monoisotopic (exact) mass is 233 g/mol. The second kappa shape index (κ2) is 3.70. The summed E-state index contributed by atoms with van der Waals surface area (Å²) >= 11 is 1.75. The van der Waals surface area contributed by atoms with E-state index in [2.05, 4.69) is 10.1 Å². The molecule has 0 aromatic carbocycles.